The molecule has 0 saturated carbocycles. The van der Waals surface area contributed by atoms with Gasteiger partial charge < -0.3 is 0 Å². The van der Waals surface area contributed by atoms with Crippen LogP contribution in [-0.4, -0.2) is 0 Å². The first kappa shape index (κ1) is 5.54. The van der Waals surface area contributed by atoms with Crippen molar-refractivity contribution in [3.8, 4) is 0 Å². The van der Waals surface area contributed by atoms with E-state index in [0.29, 0.717) is 0 Å². The molecule has 1 radical (unpaired) electrons. The van der Waals surface area contributed by atoms with E-state index in [1.165, 1.54) is 0 Å². The molecule has 0 saturated heterocycles. The summed E-state index contributed by atoms with van der Waals surface area (Å²) in [4.78, 5) is 0. The van der Waals surface area contributed by atoms with E-state index in [0.717, 1.165) is 18.3 Å². The van der Waals surface area contributed by atoms with Crippen LogP contribution in [-0.2, 0) is 5.11 Å². The van der Waals surface area contributed by atoms with Gasteiger partial charge in [0.05, 0.1) is 0 Å². The molecule has 0 heterocycles. The molecule has 1 heteroatoms. The smallest absolute Gasteiger partial charge is 0.141 e. The SMILES string of the molecule is CCC(C)=C[O]. The van der Waals surface area contributed by atoms with Gasteiger partial charge in [0.2, 0.25) is 0 Å². The second kappa shape index (κ2) is 2.76. The maximum Gasteiger partial charge on any atom is 0.141 e. The van der Waals surface area contributed by atoms with Gasteiger partial charge in [0, 0.05) is 0 Å². The van der Waals surface area contributed by atoms with Crippen molar-refractivity contribution in [1.29, 1.82) is 0 Å². The van der Waals surface area contributed by atoms with Crippen molar-refractivity contribution in [2.24, 2.45) is 0 Å². The summed E-state index contributed by atoms with van der Waals surface area (Å²) in [6.45, 7) is 3.79. The summed E-state index contributed by atoms with van der Waals surface area (Å²) in [7, 11) is 0. The van der Waals surface area contributed by atoms with Crippen molar-refractivity contribution < 1.29 is 5.11 Å². The van der Waals surface area contributed by atoms with Gasteiger partial charge in [0.1, 0.15) is 6.26 Å². The van der Waals surface area contributed by atoms with Crippen LogP contribution in [0.1, 0.15) is 20.3 Å². The molecule has 0 amide bonds. The minimum atomic E-state index is 0.878. The Kier molecular flexibility index (Phi) is 2.55. The molecule has 0 aromatic rings. The van der Waals surface area contributed by atoms with Crippen LogP contribution in [0.25, 0.3) is 0 Å². The predicted molar refractivity (Wildman–Crippen MR) is 24.7 cm³/mol. The highest BCUT2D eigenvalue weighted by Gasteiger charge is 1.77. The van der Waals surface area contributed by atoms with Gasteiger partial charge in [-0.05, 0) is 18.9 Å². The summed E-state index contributed by atoms with van der Waals surface area (Å²) < 4.78 is 0. The minimum absolute atomic E-state index is 0.878. The molecule has 35 valence electrons. The van der Waals surface area contributed by atoms with Gasteiger partial charge in [-0.1, -0.05) is 6.92 Å². The molecule has 0 aliphatic carbocycles. The summed E-state index contributed by atoms with van der Waals surface area (Å²) in [6, 6.07) is 0. The lowest BCUT2D eigenvalue weighted by molar-refractivity contribution is 0.345. The first-order valence-corrected chi connectivity index (χ1v) is 2.09. The van der Waals surface area contributed by atoms with Crippen LogP contribution in [0.2, 0.25) is 0 Å². The Labute approximate surface area is 38.3 Å². The van der Waals surface area contributed by atoms with Gasteiger partial charge in [-0.3, -0.25) is 5.11 Å². The molecule has 0 spiro atoms. The lowest BCUT2D eigenvalue weighted by atomic mass is 10.3. The Morgan fingerprint density at radius 1 is 1.83 bits per heavy atom. The Morgan fingerprint density at radius 2 is 2.33 bits per heavy atom. The normalized spacial score (nSPS) is 12.0. The monoisotopic (exact) mass is 85.1 g/mol. The van der Waals surface area contributed by atoms with E-state index >= 15 is 0 Å². The quantitative estimate of drug-likeness (QED) is 0.432. The fourth-order valence-corrected chi connectivity index (χ4v) is 0.0833. The average Bonchev–Trinajstić information content (AvgIpc) is 1.65. The molecule has 0 N–H and O–H groups in total. The molecule has 0 atom stereocenters. The fourth-order valence-electron chi connectivity index (χ4n) is 0.0833. The Balaban J connectivity index is 3.22. The van der Waals surface area contributed by atoms with Crippen molar-refractivity contribution in [3.63, 3.8) is 0 Å². The van der Waals surface area contributed by atoms with E-state index in [1.54, 1.807) is 0 Å². The zero-order valence-electron chi connectivity index (χ0n) is 4.19. The molecule has 6 heavy (non-hydrogen) atoms. The largest absolute Gasteiger partial charge is 0.299 e. The zero-order chi connectivity index (χ0) is 4.99. The molecule has 0 aromatic carbocycles. The van der Waals surface area contributed by atoms with Crippen LogP contribution in [0.5, 0.6) is 0 Å². The predicted octanol–water partition coefficient (Wildman–Crippen LogP) is 1.73. The first-order valence-electron chi connectivity index (χ1n) is 2.09. The molecule has 0 aromatic heterocycles. The van der Waals surface area contributed by atoms with Crippen molar-refractivity contribution in [2.45, 2.75) is 20.3 Å². The Hall–Kier alpha value is -0.460. The highest BCUT2D eigenvalue weighted by atomic mass is 16.2. The third-order valence-corrected chi connectivity index (χ3v) is 0.759. The molecule has 0 unspecified atom stereocenters. The van der Waals surface area contributed by atoms with E-state index in [2.05, 4.69) is 0 Å². The highest BCUT2D eigenvalue weighted by molar-refractivity contribution is 4.89. The third kappa shape index (κ3) is 1.82. The standard InChI is InChI=1S/C5H9O/c1-3-5(2)4-6/h4H,3H2,1-2H3. The van der Waals surface area contributed by atoms with E-state index in [4.69, 9.17) is 0 Å². The molecule has 0 rings (SSSR count). The van der Waals surface area contributed by atoms with Crippen molar-refractivity contribution >= 4 is 0 Å². The van der Waals surface area contributed by atoms with Crippen molar-refractivity contribution in [3.05, 3.63) is 11.8 Å². The average molecular weight is 85.1 g/mol. The van der Waals surface area contributed by atoms with E-state index in [9.17, 15) is 5.11 Å². The number of rotatable bonds is 1. The van der Waals surface area contributed by atoms with Gasteiger partial charge in [0.25, 0.3) is 0 Å². The van der Waals surface area contributed by atoms with Gasteiger partial charge in [-0.15, -0.1) is 0 Å². The van der Waals surface area contributed by atoms with Crippen LogP contribution in [0.4, 0.5) is 0 Å². The number of hydrogen-bond donors (Lipinski definition) is 0. The van der Waals surface area contributed by atoms with Crippen LogP contribution < -0.4 is 0 Å². The molecule has 0 aliphatic rings. The fraction of sp³-hybridized carbons (Fsp3) is 0.600. The van der Waals surface area contributed by atoms with Gasteiger partial charge >= 0.3 is 0 Å². The lowest BCUT2D eigenvalue weighted by Gasteiger charge is -1.81. The van der Waals surface area contributed by atoms with Gasteiger partial charge in [0.15, 0.2) is 0 Å². The maximum absolute atomic E-state index is 9.70. The molecular weight excluding hydrogens is 76.1 g/mol. The second-order valence-electron chi connectivity index (χ2n) is 1.32. The number of hydrogen-bond acceptors (Lipinski definition) is 0. The van der Waals surface area contributed by atoms with E-state index < -0.39 is 0 Å². The summed E-state index contributed by atoms with van der Waals surface area (Å²) in [5.41, 5.74) is 0.912. The summed E-state index contributed by atoms with van der Waals surface area (Å²) >= 11 is 0. The van der Waals surface area contributed by atoms with Crippen LogP contribution in [0.15, 0.2) is 11.8 Å². The maximum atomic E-state index is 9.70. The summed E-state index contributed by atoms with van der Waals surface area (Å²) in [5.74, 6) is 0. The first-order chi connectivity index (χ1) is 2.81. The molecule has 0 bridgehead atoms. The number of allylic oxidation sites excluding steroid dienone is 1. The third-order valence-electron chi connectivity index (χ3n) is 0.759. The van der Waals surface area contributed by atoms with Crippen molar-refractivity contribution in [2.75, 3.05) is 0 Å². The zero-order valence-corrected chi connectivity index (χ0v) is 4.19. The summed E-state index contributed by atoms with van der Waals surface area (Å²) in [5, 5.41) is 9.70. The van der Waals surface area contributed by atoms with Crippen LogP contribution in [0.3, 0.4) is 0 Å². The van der Waals surface area contributed by atoms with Gasteiger partial charge in [-0.25, -0.2) is 0 Å². The topological polar surface area (TPSA) is 19.9 Å². The molecule has 0 fully saturated rings. The van der Waals surface area contributed by atoms with Crippen LogP contribution in [0, 0.1) is 0 Å². The molecule has 1 nitrogen and oxygen atoms in total. The second-order valence-corrected chi connectivity index (χ2v) is 1.32. The Morgan fingerprint density at radius 3 is 2.33 bits per heavy atom. The summed E-state index contributed by atoms with van der Waals surface area (Å²) in [6.07, 6.45) is 1.77. The minimum Gasteiger partial charge on any atom is -0.299 e. The highest BCUT2D eigenvalue weighted by Crippen LogP contribution is 1.93. The van der Waals surface area contributed by atoms with E-state index in [-0.39, 0.29) is 0 Å². The Bertz CT molecular complexity index is 55.0. The van der Waals surface area contributed by atoms with Crippen molar-refractivity contribution in [1.82, 2.24) is 0 Å². The van der Waals surface area contributed by atoms with Crippen LogP contribution >= 0.6 is 0 Å². The lowest BCUT2D eigenvalue weighted by Crippen LogP contribution is -1.65. The molecular formula is C5H9O. The molecule has 0 aliphatic heterocycles. The van der Waals surface area contributed by atoms with E-state index in [1.807, 2.05) is 13.8 Å². The van der Waals surface area contributed by atoms with Gasteiger partial charge in [-0.2, -0.15) is 0 Å².